The predicted octanol–water partition coefficient (Wildman–Crippen LogP) is 1.98. The van der Waals surface area contributed by atoms with Crippen LogP contribution in [0.3, 0.4) is 0 Å². The molecule has 0 amide bonds. The van der Waals surface area contributed by atoms with E-state index < -0.39 is 23.5 Å². The van der Waals surface area contributed by atoms with Gasteiger partial charge in [-0.2, -0.15) is 26.3 Å². The van der Waals surface area contributed by atoms with E-state index >= 15 is 0 Å². The Kier molecular flexibility index (Phi) is 2.76. The van der Waals surface area contributed by atoms with Gasteiger partial charge in [-0.3, -0.25) is 0 Å². The minimum Gasteiger partial charge on any atom is -0.250 e. The number of halogens is 6. The number of benzene rings is 1. The summed E-state index contributed by atoms with van der Waals surface area (Å²) in [5.74, 6) is 0. The van der Waals surface area contributed by atoms with Crippen molar-refractivity contribution in [1.82, 2.24) is 0 Å². The second-order valence-corrected chi connectivity index (χ2v) is 3.08. The van der Waals surface area contributed by atoms with Gasteiger partial charge in [0.15, 0.2) is 0 Å². The van der Waals surface area contributed by atoms with Crippen LogP contribution in [0, 0.1) is 0 Å². The monoisotopic (exact) mass is 226 g/mol. The normalized spacial score (nSPS) is 13.0. The molecule has 1 radical (unpaired) electrons. The average molecular weight is 226 g/mol. The zero-order valence-corrected chi connectivity index (χ0v) is 7.50. The fraction of sp³-hybridized carbons (Fsp3) is 0.250. The summed E-state index contributed by atoms with van der Waals surface area (Å²) in [6, 6.07) is 1.46. The summed E-state index contributed by atoms with van der Waals surface area (Å²) < 4.78 is 73.0. The lowest BCUT2D eigenvalue weighted by Gasteiger charge is -2.14. The minimum atomic E-state index is -4.76. The molecule has 0 heterocycles. The van der Waals surface area contributed by atoms with Gasteiger partial charge in [-0.1, -0.05) is 12.1 Å². The fourth-order valence-corrected chi connectivity index (χ4v) is 1.11. The molecule has 0 unspecified atom stereocenters. The third kappa shape index (κ3) is 2.90. The summed E-state index contributed by atoms with van der Waals surface area (Å²) in [5.41, 5.74) is -2.64. The lowest BCUT2D eigenvalue weighted by Crippen LogP contribution is -2.16. The van der Waals surface area contributed by atoms with Crippen LogP contribution in [0.1, 0.15) is 11.1 Å². The third-order valence-electron chi connectivity index (χ3n) is 1.73. The van der Waals surface area contributed by atoms with Crippen LogP contribution in [-0.2, 0) is 12.4 Å². The molecule has 0 atom stereocenters. The Morgan fingerprint density at radius 1 is 0.733 bits per heavy atom. The molecular formula is C8H5BF6-. The molecule has 0 aromatic heterocycles. The number of rotatable bonds is 0. The van der Waals surface area contributed by atoms with Gasteiger partial charge < -0.3 is 0 Å². The molecule has 0 spiro atoms. The van der Waals surface area contributed by atoms with E-state index in [1.807, 2.05) is 0 Å². The molecule has 0 fully saturated rings. The SMILES string of the molecule is [BH2-]c1cc(C(F)(F)F)cc(C(F)(F)F)c1. The maximum atomic E-state index is 12.2. The van der Waals surface area contributed by atoms with Gasteiger partial charge in [-0.05, 0) is 6.07 Å². The summed E-state index contributed by atoms with van der Waals surface area (Å²) >= 11 is 0. The summed E-state index contributed by atoms with van der Waals surface area (Å²) in [7, 11) is 1.18. The Morgan fingerprint density at radius 3 is 1.33 bits per heavy atom. The first kappa shape index (κ1) is 11.9. The predicted molar refractivity (Wildman–Crippen MR) is 44.6 cm³/mol. The summed E-state index contributed by atoms with van der Waals surface area (Å²) in [4.78, 5) is 0. The highest BCUT2D eigenvalue weighted by molar-refractivity contribution is 6.32. The van der Waals surface area contributed by atoms with Crippen LogP contribution in [0.2, 0.25) is 0 Å². The molecule has 0 nitrogen and oxygen atoms in total. The number of hydrogen-bond donors (Lipinski definition) is 0. The van der Waals surface area contributed by atoms with Gasteiger partial charge in [0.25, 0.3) is 0 Å². The lowest BCUT2D eigenvalue weighted by molar-refractivity contribution is -0.142. The van der Waals surface area contributed by atoms with Crippen LogP contribution in [0.15, 0.2) is 18.2 Å². The highest BCUT2D eigenvalue weighted by Gasteiger charge is 2.35. The number of alkyl halides is 6. The molecular weight excluding hydrogens is 221 g/mol. The molecule has 0 bridgehead atoms. The maximum absolute atomic E-state index is 12.2. The van der Waals surface area contributed by atoms with Crippen molar-refractivity contribution in [2.24, 2.45) is 0 Å². The standard InChI is InChI=1S/C8H5BF6/c9-6-2-4(7(10,11)12)1-5(3-6)8(13,14)15/h1-3H,9H2/q-1. The zero-order chi connectivity index (χ0) is 11.9. The maximum Gasteiger partial charge on any atom is 0.416 e. The molecule has 0 aliphatic rings. The Morgan fingerprint density at radius 2 is 1.07 bits per heavy atom. The third-order valence-corrected chi connectivity index (χ3v) is 1.73. The average Bonchev–Trinajstić information content (AvgIpc) is 1.99. The van der Waals surface area contributed by atoms with Crippen LogP contribution in [-0.4, -0.2) is 7.85 Å². The van der Waals surface area contributed by atoms with Crippen molar-refractivity contribution in [2.45, 2.75) is 12.4 Å². The zero-order valence-electron chi connectivity index (χ0n) is 7.50. The molecule has 1 aromatic carbocycles. The summed E-state index contributed by atoms with van der Waals surface area (Å²) in [6.45, 7) is 0. The van der Waals surface area contributed by atoms with E-state index in [0.29, 0.717) is 12.1 Å². The van der Waals surface area contributed by atoms with E-state index in [-0.39, 0.29) is 11.5 Å². The van der Waals surface area contributed by atoms with Gasteiger partial charge in [0.2, 0.25) is 0 Å². The summed E-state index contributed by atoms with van der Waals surface area (Å²) in [5, 5.41) is 0. The first-order valence-corrected chi connectivity index (χ1v) is 3.87. The molecule has 83 valence electrons. The van der Waals surface area contributed by atoms with Crippen molar-refractivity contribution in [3.05, 3.63) is 29.3 Å². The van der Waals surface area contributed by atoms with Crippen molar-refractivity contribution in [2.75, 3.05) is 0 Å². The van der Waals surface area contributed by atoms with Crippen molar-refractivity contribution < 1.29 is 26.3 Å². The highest BCUT2D eigenvalue weighted by atomic mass is 19.4. The van der Waals surface area contributed by atoms with Gasteiger partial charge in [-0.25, -0.2) is 5.46 Å². The van der Waals surface area contributed by atoms with Crippen LogP contribution in [0.25, 0.3) is 0 Å². The van der Waals surface area contributed by atoms with Crippen molar-refractivity contribution in [1.29, 1.82) is 0 Å². The smallest absolute Gasteiger partial charge is 0.250 e. The minimum absolute atomic E-state index is 0.0721. The van der Waals surface area contributed by atoms with E-state index in [1.165, 1.54) is 7.85 Å². The Labute approximate surface area is 82.3 Å². The first-order valence-electron chi connectivity index (χ1n) is 3.87. The number of hydrogen-bond acceptors (Lipinski definition) is 0. The second-order valence-electron chi connectivity index (χ2n) is 3.08. The fourth-order valence-electron chi connectivity index (χ4n) is 1.11. The Balaban J connectivity index is 3.30. The molecule has 0 N–H and O–H groups in total. The molecule has 1 aromatic rings. The van der Waals surface area contributed by atoms with E-state index in [1.54, 1.807) is 0 Å². The van der Waals surface area contributed by atoms with Crippen molar-refractivity contribution in [3.8, 4) is 0 Å². The largest absolute Gasteiger partial charge is 0.416 e. The summed E-state index contributed by atoms with van der Waals surface area (Å²) in [6.07, 6.45) is -9.52. The van der Waals surface area contributed by atoms with Gasteiger partial charge in [0, 0.05) is 0 Å². The van der Waals surface area contributed by atoms with Crippen molar-refractivity contribution in [3.63, 3.8) is 0 Å². The molecule has 0 saturated heterocycles. The molecule has 0 aliphatic carbocycles. The van der Waals surface area contributed by atoms with E-state index in [0.717, 1.165) is 0 Å². The molecule has 7 heteroatoms. The Bertz CT molecular complexity index is 332. The van der Waals surface area contributed by atoms with Crippen LogP contribution < -0.4 is 5.46 Å². The van der Waals surface area contributed by atoms with Gasteiger partial charge in [-0.15, -0.1) is 7.85 Å². The first-order chi connectivity index (χ1) is 6.60. The van der Waals surface area contributed by atoms with E-state index in [2.05, 4.69) is 0 Å². The molecule has 0 saturated carbocycles. The molecule has 1 rings (SSSR count). The topological polar surface area (TPSA) is 0 Å². The van der Waals surface area contributed by atoms with Gasteiger partial charge in [0.1, 0.15) is 0 Å². The molecule has 15 heavy (non-hydrogen) atoms. The highest BCUT2D eigenvalue weighted by Crippen LogP contribution is 2.34. The van der Waals surface area contributed by atoms with Gasteiger partial charge >= 0.3 is 12.4 Å². The second kappa shape index (κ2) is 3.46. The van der Waals surface area contributed by atoms with Crippen LogP contribution >= 0.6 is 0 Å². The Hall–Kier alpha value is -1.14. The van der Waals surface area contributed by atoms with E-state index in [9.17, 15) is 26.3 Å². The van der Waals surface area contributed by atoms with Crippen LogP contribution in [0.4, 0.5) is 26.3 Å². The van der Waals surface area contributed by atoms with E-state index in [4.69, 9.17) is 0 Å². The molecule has 0 aliphatic heterocycles. The van der Waals surface area contributed by atoms with Gasteiger partial charge in [0.05, 0.1) is 11.1 Å². The quantitative estimate of drug-likeness (QED) is 0.468. The van der Waals surface area contributed by atoms with Crippen molar-refractivity contribution >= 4 is 13.3 Å². The lowest BCUT2D eigenvalue weighted by atomic mass is 9.91. The van der Waals surface area contributed by atoms with Crippen LogP contribution in [0.5, 0.6) is 0 Å².